The summed E-state index contributed by atoms with van der Waals surface area (Å²) in [6.07, 6.45) is 1.55. The number of hydrogen-bond donors (Lipinski definition) is 0. The van der Waals surface area contributed by atoms with Gasteiger partial charge < -0.3 is 4.74 Å². The van der Waals surface area contributed by atoms with Gasteiger partial charge in [0, 0.05) is 22.8 Å². The van der Waals surface area contributed by atoms with Crippen LogP contribution in [-0.2, 0) is 4.79 Å². The molecule has 0 aliphatic heterocycles. The van der Waals surface area contributed by atoms with Gasteiger partial charge in [-0.15, -0.1) is 0 Å². The Labute approximate surface area is 112 Å². The number of ether oxygens (including phenoxy) is 1. The molecule has 88 valence electrons. The van der Waals surface area contributed by atoms with Crippen LogP contribution in [0.15, 0.2) is 24.4 Å². The molecule has 0 N–H and O–H groups in total. The van der Waals surface area contributed by atoms with Gasteiger partial charge in [0.15, 0.2) is 5.75 Å². The Morgan fingerprint density at radius 3 is 2.59 bits per heavy atom. The second kappa shape index (κ2) is 4.48. The molecule has 17 heavy (non-hydrogen) atoms. The SMILES string of the molecule is CC(=O)Oc1cn(C(C)=O)c2c(I)cccc12. The first-order valence-electron chi connectivity index (χ1n) is 4.99. The highest BCUT2D eigenvalue weighted by Crippen LogP contribution is 2.31. The first-order chi connectivity index (χ1) is 8.00. The summed E-state index contributed by atoms with van der Waals surface area (Å²) in [7, 11) is 0. The third-order valence-electron chi connectivity index (χ3n) is 2.33. The summed E-state index contributed by atoms with van der Waals surface area (Å²) in [5.74, 6) is -0.0924. The zero-order chi connectivity index (χ0) is 12.6. The maximum Gasteiger partial charge on any atom is 0.308 e. The van der Waals surface area contributed by atoms with E-state index in [9.17, 15) is 9.59 Å². The van der Waals surface area contributed by atoms with E-state index in [1.807, 2.05) is 18.2 Å². The fourth-order valence-electron chi connectivity index (χ4n) is 1.69. The lowest BCUT2D eigenvalue weighted by atomic mass is 10.2. The van der Waals surface area contributed by atoms with Gasteiger partial charge >= 0.3 is 5.97 Å². The number of carbonyl (C=O) groups is 2. The number of rotatable bonds is 1. The van der Waals surface area contributed by atoms with E-state index in [0.717, 1.165) is 14.5 Å². The summed E-state index contributed by atoms with van der Waals surface area (Å²) >= 11 is 2.15. The normalized spacial score (nSPS) is 10.5. The Morgan fingerprint density at radius 2 is 2.00 bits per heavy atom. The molecular weight excluding hydrogens is 333 g/mol. The van der Waals surface area contributed by atoms with E-state index in [2.05, 4.69) is 22.6 Å². The molecule has 5 heteroatoms. The zero-order valence-corrected chi connectivity index (χ0v) is 11.5. The maximum atomic E-state index is 11.5. The topological polar surface area (TPSA) is 48.3 Å². The minimum absolute atomic E-state index is 0.113. The highest BCUT2D eigenvalue weighted by Gasteiger charge is 2.15. The average Bonchev–Trinajstić information content (AvgIpc) is 2.58. The molecule has 0 unspecified atom stereocenters. The van der Waals surface area contributed by atoms with Gasteiger partial charge in [0.1, 0.15) is 0 Å². The maximum absolute atomic E-state index is 11.5. The predicted molar refractivity (Wildman–Crippen MR) is 72.3 cm³/mol. The van der Waals surface area contributed by atoms with E-state index in [1.165, 1.54) is 18.4 Å². The molecule has 0 radical (unpaired) electrons. The Balaban J connectivity index is 2.75. The molecule has 1 aromatic carbocycles. The van der Waals surface area contributed by atoms with Crippen molar-refractivity contribution in [1.29, 1.82) is 0 Å². The van der Waals surface area contributed by atoms with Crippen LogP contribution < -0.4 is 4.74 Å². The molecule has 0 saturated heterocycles. The molecular formula is C12H10INO3. The fraction of sp³-hybridized carbons (Fsp3) is 0.167. The van der Waals surface area contributed by atoms with Crippen molar-refractivity contribution in [2.45, 2.75) is 13.8 Å². The summed E-state index contributed by atoms with van der Waals surface area (Å²) in [5, 5.41) is 0.766. The number of esters is 1. The van der Waals surface area contributed by atoms with Crippen molar-refractivity contribution in [1.82, 2.24) is 4.57 Å². The number of halogens is 1. The number of aromatic nitrogens is 1. The summed E-state index contributed by atoms with van der Waals surface area (Å²) in [5.41, 5.74) is 0.775. The van der Waals surface area contributed by atoms with Gasteiger partial charge in [0.2, 0.25) is 5.91 Å². The largest absolute Gasteiger partial charge is 0.424 e. The average molecular weight is 343 g/mol. The van der Waals surface area contributed by atoms with Gasteiger partial charge in [0.05, 0.1) is 11.7 Å². The van der Waals surface area contributed by atoms with E-state index in [-0.39, 0.29) is 5.91 Å². The van der Waals surface area contributed by atoms with Crippen molar-refractivity contribution >= 4 is 45.4 Å². The van der Waals surface area contributed by atoms with Crippen LogP contribution in [0.5, 0.6) is 5.75 Å². The number of hydrogen-bond acceptors (Lipinski definition) is 3. The van der Waals surface area contributed by atoms with Crippen molar-refractivity contribution in [3.05, 3.63) is 28.0 Å². The van der Waals surface area contributed by atoms with Crippen LogP contribution in [0.2, 0.25) is 0 Å². The van der Waals surface area contributed by atoms with Crippen molar-refractivity contribution in [3.8, 4) is 5.75 Å². The van der Waals surface area contributed by atoms with Gasteiger partial charge in [0.25, 0.3) is 0 Å². The van der Waals surface area contributed by atoms with Crippen LogP contribution in [-0.4, -0.2) is 16.4 Å². The highest BCUT2D eigenvalue weighted by molar-refractivity contribution is 14.1. The third-order valence-corrected chi connectivity index (χ3v) is 3.20. The molecule has 0 spiro atoms. The molecule has 0 fully saturated rings. The van der Waals surface area contributed by atoms with Gasteiger partial charge in [-0.05, 0) is 34.7 Å². The first kappa shape index (κ1) is 12.1. The van der Waals surface area contributed by atoms with Crippen LogP contribution in [0.25, 0.3) is 10.9 Å². The molecule has 2 rings (SSSR count). The Morgan fingerprint density at radius 1 is 1.29 bits per heavy atom. The number of carbonyl (C=O) groups excluding carboxylic acids is 2. The smallest absolute Gasteiger partial charge is 0.308 e. The lowest BCUT2D eigenvalue weighted by Crippen LogP contribution is -2.04. The van der Waals surface area contributed by atoms with E-state index in [1.54, 1.807) is 6.20 Å². The van der Waals surface area contributed by atoms with Crippen LogP contribution >= 0.6 is 22.6 Å². The Bertz CT molecular complexity index is 615. The molecule has 2 aromatic rings. The van der Waals surface area contributed by atoms with E-state index < -0.39 is 5.97 Å². The molecule has 0 atom stereocenters. The Kier molecular flexibility index (Phi) is 3.19. The van der Waals surface area contributed by atoms with Gasteiger partial charge in [-0.2, -0.15) is 0 Å². The molecule has 1 heterocycles. The number of fused-ring (bicyclic) bond motifs is 1. The minimum Gasteiger partial charge on any atom is -0.424 e. The quantitative estimate of drug-likeness (QED) is 0.591. The van der Waals surface area contributed by atoms with Crippen LogP contribution in [0.3, 0.4) is 0 Å². The van der Waals surface area contributed by atoms with Gasteiger partial charge in [-0.3, -0.25) is 14.2 Å². The van der Waals surface area contributed by atoms with E-state index in [4.69, 9.17) is 4.74 Å². The summed E-state index contributed by atoms with van der Waals surface area (Å²) in [4.78, 5) is 22.5. The summed E-state index contributed by atoms with van der Waals surface area (Å²) in [6.45, 7) is 2.81. The standard InChI is InChI=1S/C12H10INO3/c1-7(15)14-6-11(17-8(2)16)9-4-3-5-10(13)12(9)14/h3-6H,1-2H3. The highest BCUT2D eigenvalue weighted by atomic mass is 127. The van der Waals surface area contributed by atoms with Crippen molar-refractivity contribution < 1.29 is 14.3 Å². The van der Waals surface area contributed by atoms with Gasteiger partial charge in [-0.25, -0.2) is 0 Å². The third kappa shape index (κ3) is 2.19. The first-order valence-corrected chi connectivity index (χ1v) is 6.07. The summed E-state index contributed by atoms with van der Waals surface area (Å²) < 4.78 is 7.53. The summed E-state index contributed by atoms with van der Waals surface area (Å²) in [6, 6.07) is 5.59. The van der Waals surface area contributed by atoms with Gasteiger partial charge in [-0.1, -0.05) is 6.07 Å². The van der Waals surface area contributed by atoms with Crippen LogP contribution in [0.4, 0.5) is 0 Å². The molecule has 0 aliphatic rings. The lowest BCUT2D eigenvalue weighted by Gasteiger charge is -2.00. The fourth-order valence-corrected chi connectivity index (χ4v) is 2.45. The van der Waals surface area contributed by atoms with Crippen molar-refractivity contribution in [3.63, 3.8) is 0 Å². The molecule has 4 nitrogen and oxygen atoms in total. The van der Waals surface area contributed by atoms with E-state index >= 15 is 0 Å². The van der Waals surface area contributed by atoms with Crippen LogP contribution in [0, 0.1) is 3.57 Å². The predicted octanol–water partition coefficient (Wildman–Crippen LogP) is 2.83. The van der Waals surface area contributed by atoms with E-state index in [0.29, 0.717) is 5.75 Å². The molecule has 0 amide bonds. The second-order valence-corrected chi connectivity index (χ2v) is 4.77. The molecule has 1 aromatic heterocycles. The monoisotopic (exact) mass is 343 g/mol. The molecule has 0 aliphatic carbocycles. The molecule has 0 bridgehead atoms. The van der Waals surface area contributed by atoms with Crippen LogP contribution in [0.1, 0.15) is 18.6 Å². The number of para-hydroxylation sites is 1. The lowest BCUT2D eigenvalue weighted by molar-refractivity contribution is -0.131. The minimum atomic E-state index is -0.397. The number of nitrogens with zero attached hydrogens (tertiary/aromatic N) is 1. The zero-order valence-electron chi connectivity index (χ0n) is 9.36. The second-order valence-electron chi connectivity index (χ2n) is 3.61. The Hall–Kier alpha value is -1.37. The van der Waals surface area contributed by atoms with Crippen molar-refractivity contribution in [2.24, 2.45) is 0 Å². The van der Waals surface area contributed by atoms with Crippen molar-refractivity contribution in [2.75, 3.05) is 0 Å². The number of benzene rings is 1. The molecule has 0 saturated carbocycles.